The average Bonchev–Trinajstić information content (AvgIpc) is 3.51. The maximum atomic E-state index is 7.42. The number of fused-ring (bicyclic) bond motifs is 1. The fraction of sp³-hybridized carbons (Fsp3) is 0.370. The minimum atomic E-state index is -2.80. The molecule has 2 aromatic carbocycles. The molecule has 194 valence electrons. The Labute approximate surface area is 218 Å². The number of hydroxylamine groups is 1. The van der Waals surface area contributed by atoms with E-state index in [1.54, 1.807) is 13.4 Å². The molecule has 2 aromatic heterocycles. The molecule has 5 rings (SSSR count). The zero-order valence-corrected chi connectivity index (χ0v) is 22.7. The predicted octanol–water partition coefficient (Wildman–Crippen LogP) is 2.79. The molecule has 9 nitrogen and oxygen atoms in total. The molecule has 37 heavy (non-hydrogen) atoms. The first-order valence-corrected chi connectivity index (χ1v) is 14.4. The standard InChI is InChI=1S/C27H34N6O3Si/c1-27(2,3)37(19-11-7-5-8-12-19,20-13-9-6-10-14-20)36-21-15-23(35-22(21)16-34-29-4)33-18-32-24-25(28)30-17-31-26(24)33/h5-14,17-18,21-23,29H,15-16H2,1-4H3,(H2,28,30,31)/t21-,22+,23+/m0/s1. The normalized spacial score (nSPS) is 20.5. The van der Waals surface area contributed by atoms with E-state index in [4.69, 9.17) is 19.7 Å². The Morgan fingerprint density at radius 2 is 1.68 bits per heavy atom. The highest BCUT2D eigenvalue weighted by Crippen LogP contribution is 2.41. The highest BCUT2D eigenvalue weighted by atomic mass is 28.4. The molecule has 3 N–H and O–H groups in total. The first-order valence-electron chi connectivity index (χ1n) is 12.5. The van der Waals surface area contributed by atoms with Gasteiger partial charge in [-0.3, -0.25) is 9.40 Å². The molecule has 1 aliphatic rings. The lowest BCUT2D eigenvalue weighted by molar-refractivity contribution is -0.0777. The van der Waals surface area contributed by atoms with Gasteiger partial charge in [-0.25, -0.2) is 20.4 Å². The van der Waals surface area contributed by atoms with Crippen LogP contribution in [-0.2, 0) is 14.0 Å². The number of hydrogen-bond acceptors (Lipinski definition) is 8. The monoisotopic (exact) mass is 518 g/mol. The van der Waals surface area contributed by atoms with Gasteiger partial charge in [-0.05, 0) is 15.4 Å². The predicted molar refractivity (Wildman–Crippen MR) is 146 cm³/mol. The SMILES string of the molecule is CNOC[C@H]1O[C@@H](n2cnc3c(N)ncnc32)C[C@@H]1O[Si](c1ccccc1)(c1ccccc1)C(C)(C)C. The van der Waals surface area contributed by atoms with Crippen molar-refractivity contribution in [3.8, 4) is 0 Å². The van der Waals surface area contributed by atoms with E-state index in [0.29, 0.717) is 30.0 Å². The number of aromatic nitrogens is 4. The van der Waals surface area contributed by atoms with Crippen molar-refractivity contribution in [3.63, 3.8) is 0 Å². The van der Waals surface area contributed by atoms with Crippen molar-refractivity contribution >= 4 is 35.7 Å². The number of hydrogen-bond donors (Lipinski definition) is 2. The van der Waals surface area contributed by atoms with Crippen molar-refractivity contribution < 1.29 is 14.0 Å². The molecule has 0 amide bonds. The topological polar surface area (TPSA) is 109 Å². The first-order chi connectivity index (χ1) is 17.8. The summed E-state index contributed by atoms with van der Waals surface area (Å²) in [6.45, 7) is 7.15. The first kappa shape index (κ1) is 25.5. The Morgan fingerprint density at radius 3 is 2.27 bits per heavy atom. The van der Waals surface area contributed by atoms with Gasteiger partial charge in [-0.15, -0.1) is 0 Å². The lowest BCUT2D eigenvalue weighted by atomic mass is 10.2. The molecule has 0 spiro atoms. The van der Waals surface area contributed by atoms with Gasteiger partial charge >= 0.3 is 0 Å². The Kier molecular flexibility index (Phi) is 7.10. The summed E-state index contributed by atoms with van der Waals surface area (Å²) in [5.41, 5.74) is 10.0. The molecule has 10 heteroatoms. The summed E-state index contributed by atoms with van der Waals surface area (Å²) in [6.07, 6.45) is 2.88. The molecule has 0 unspecified atom stereocenters. The van der Waals surface area contributed by atoms with Crippen molar-refractivity contribution in [2.75, 3.05) is 19.4 Å². The summed E-state index contributed by atoms with van der Waals surface area (Å²) in [5, 5.41) is 2.28. The Balaban J connectivity index is 1.58. The van der Waals surface area contributed by atoms with Gasteiger partial charge in [0.2, 0.25) is 0 Å². The third-order valence-electron chi connectivity index (χ3n) is 7.01. The Hall–Kier alpha value is -3.15. The highest BCUT2D eigenvalue weighted by molar-refractivity contribution is 6.99. The molecule has 0 bridgehead atoms. The van der Waals surface area contributed by atoms with E-state index in [-0.39, 0.29) is 23.5 Å². The summed E-state index contributed by atoms with van der Waals surface area (Å²) >= 11 is 0. The maximum absolute atomic E-state index is 7.42. The van der Waals surface area contributed by atoms with Crippen molar-refractivity contribution in [1.82, 2.24) is 25.0 Å². The van der Waals surface area contributed by atoms with Gasteiger partial charge in [0, 0.05) is 13.5 Å². The Morgan fingerprint density at radius 1 is 1.03 bits per heavy atom. The number of imidazole rings is 1. The second-order valence-corrected chi connectivity index (χ2v) is 14.5. The van der Waals surface area contributed by atoms with Crippen LogP contribution in [-0.4, -0.2) is 53.7 Å². The fourth-order valence-electron chi connectivity index (χ4n) is 5.31. The van der Waals surface area contributed by atoms with Crippen LogP contribution in [0, 0.1) is 0 Å². The van der Waals surface area contributed by atoms with Gasteiger partial charge in [0.1, 0.15) is 24.2 Å². The summed E-state index contributed by atoms with van der Waals surface area (Å²) < 4.78 is 15.9. The summed E-state index contributed by atoms with van der Waals surface area (Å²) in [7, 11) is -1.06. The molecular formula is C27H34N6O3Si. The molecule has 1 aliphatic heterocycles. The van der Waals surface area contributed by atoms with Gasteiger partial charge in [0.15, 0.2) is 11.5 Å². The van der Waals surface area contributed by atoms with Crippen LogP contribution in [0.2, 0.25) is 5.04 Å². The van der Waals surface area contributed by atoms with Gasteiger partial charge in [0.05, 0.1) is 19.0 Å². The molecule has 3 atom stereocenters. The van der Waals surface area contributed by atoms with E-state index in [2.05, 4.69) is 89.7 Å². The number of nitrogens with zero attached hydrogens (tertiary/aromatic N) is 4. The number of anilines is 1. The molecular weight excluding hydrogens is 484 g/mol. The van der Waals surface area contributed by atoms with Crippen LogP contribution in [0.1, 0.15) is 33.4 Å². The number of rotatable bonds is 8. The third kappa shape index (κ3) is 4.67. The Bertz CT molecular complexity index is 1290. The van der Waals surface area contributed by atoms with Gasteiger partial charge in [-0.2, -0.15) is 0 Å². The minimum absolute atomic E-state index is 0.161. The fourth-order valence-corrected chi connectivity index (χ4v) is 10.0. The quantitative estimate of drug-likeness (QED) is 0.271. The van der Waals surface area contributed by atoms with E-state index >= 15 is 0 Å². The summed E-state index contributed by atoms with van der Waals surface area (Å²) in [4.78, 5) is 18.5. The molecule has 1 saturated heterocycles. The molecule has 3 heterocycles. The number of benzene rings is 2. The van der Waals surface area contributed by atoms with Crippen molar-refractivity contribution in [3.05, 3.63) is 73.3 Å². The van der Waals surface area contributed by atoms with Crippen molar-refractivity contribution in [2.45, 2.75) is 50.7 Å². The van der Waals surface area contributed by atoms with Crippen molar-refractivity contribution in [1.29, 1.82) is 0 Å². The van der Waals surface area contributed by atoms with Gasteiger partial charge < -0.3 is 14.9 Å². The maximum Gasteiger partial charge on any atom is 0.261 e. The van der Waals surface area contributed by atoms with Crippen LogP contribution < -0.4 is 21.6 Å². The van der Waals surface area contributed by atoms with Crippen LogP contribution in [0.4, 0.5) is 5.82 Å². The third-order valence-corrected chi connectivity index (χ3v) is 12.1. The number of nitrogen functional groups attached to an aromatic ring is 1. The average molecular weight is 519 g/mol. The molecule has 0 aliphatic carbocycles. The smallest absolute Gasteiger partial charge is 0.261 e. The number of nitrogens with one attached hydrogen (secondary N) is 1. The summed E-state index contributed by atoms with van der Waals surface area (Å²) in [6, 6.07) is 21.2. The van der Waals surface area contributed by atoms with Gasteiger partial charge in [0.25, 0.3) is 8.32 Å². The second kappa shape index (κ2) is 10.3. The molecule has 0 saturated carbocycles. The van der Waals surface area contributed by atoms with E-state index in [1.807, 2.05) is 16.7 Å². The zero-order valence-electron chi connectivity index (χ0n) is 21.7. The van der Waals surface area contributed by atoms with Crippen LogP contribution >= 0.6 is 0 Å². The summed E-state index contributed by atoms with van der Waals surface area (Å²) in [5.74, 6) is 0.344. The number of ether oxygens (including phenoxy) is 1. The van der Waals surface area contributed by atoms with Crippen LogP contribution in [0.15, 0.2) is 73.3 Å². The lowest BCUT2D eigenvalue weighted by Gasteiger charge is -2.45. The molecule has 1 fully saturated rings. The lowest BCUT2D eigenvalue weighted by Crippen LogP contribution is -2.68. The van der Waals surface area contributed by atoms with Gasteiger partial charge in [-0.1, -0.05) is 81.4 Å². The van der Waals surface area contributed by atoms with Crippen LogP contribution in [0.5, 0.6) is 0 Å². The minimum Gasteiger partial charge on any atom is -0.402 e. The molecule has 4 aromatic rings. The van der Waals surface area contributed by atoms with E-state index in [9.17, 15) is 0 Å². The van der Waals surface area contributed by atoms with Crippen LogP contribution in [0.25, 0.3) is 11.2 Å². The second-order valence-electron chi connectivity index (χ2n) is 10.3. The van der Waals surface area contributed by atoms with E-state index in [0.717, 1.165) is 0 Å². The highest BCUT2D eigenvalue weighted by Gasteiger charge is 2.54. The van der Waals surface area contributed by atoms with Crippen molar-refractivity contribution in [2.24, 2.45) is 0 Å². The molecule has 0 radical (unpaired) electrons. The zero-order chi connectivity index (χ0) is 26.0. The van der Waals surface area contributed by atoms with E-state index in [1.165, 1.54) is 16.7 Å². The largest absolute Gasteiger partial charge is 0.402 e. The number of nitrogens with two attached hydrogens (primary N) is 1. The van der Waals surface area contributed by atoms with Crippen LogP contribution in [0.3, 0.4) is 0 Å². The van der Waals surface area contributed by atoms with E-state index < -0.39 is 8.32 Å².